The Morgan fingerprint density at radius 1 is 1.18 bits per heavy atom. The number of benzene rings is 1. The quantitative estimate of drug-likeness (QED) is 0.845. The smallest absolute Gasteiger partial charge is 0.303 e. The first-order chi connectivity index (χ1) is 8.00. The van der Waals surface area contributed by atoms with Gasteiger partial charge in [0, 0.05) is 26.4 Å². The van der Waals surface area contributed by atoms with Crippen LogP contribution in [0.15, 0.2) is 30.3 Å². The van der Waals surface area contributed by atoms with Gasteiger partial charge in [0.25, 0.3) is 0 Å². The van der Waals surface area contributed by atoms with Crippen LogP contribution < -0.4 is 0 Å². The molecule has 1 unspecified atom stereocenters. The number of carbonyl (C=O) groups excluding carboxylic acids is 1. The zero-order chi connectivity index (χ0) is 12.8. The zero-order valence-corrected chi connectivity index (χ0v) is 10.1. The summed E-state index contributed by atoms with van der Waals surface area (Å²) in [6.07, 6.45) is 0.201. The molecule has 0 aliphatic heterocycles. The number of amides is 1. The van der Waals surface area contributed by atoms with Crippen LogP contribution in [0.5, 0.6) is 0 Å². The second kappa shape index (κ2) is 6.03. The van der Waals surface area contributed by atoms with Gasteiger partial charge in [-0.3, -0.25) is 9.59 Å². The van der Waals surface area contributed by atoms with Crippen molar-refractivity contribution in [1.29, 1.82) is 0 Å². The van der Waals surface area contributed by atoms with Gasteiger partial charge in [0.2, 0.25) is 5.91 Å². The van der Waals surface area contributed by atoms with Crippen molar-refractivity contribution in [3.05, 3.63) is 35.9 Å². The molecule has 1 amide bonds. The van der Waals surface area contributed by atoms with Crippen molar-refractivity contribution in [2.24, 2.45) is 0 Å². The van der Waals surface area contributed by atoms with Crippen LogP contribution in [0.1, 0.15) is 24.3 Å². The lowest BCUT2D eigenvalue weighted by Crippen LogP contribution is -2.24. The minimum absolute atomic E-state index is 0.0242. The fraction of sp³-hybridized carbons (Fsp3) is 0.385. The van der Waals surface area contributed by atoms with Gasteiger partial charge >= 0.3 is 5.97 Å². The fourth-order valence-corrected chi connectivity index (χ4v) is 1.64. The average Bonchev–Trinajstić information content (AvgIpc) is 2.28. The van der Waals surface area contributed by atoms with Gasteiger partial charge in [-0.05, 0) is 5.56 Å². The molecule has 92 valence electrons. The molecule has 0 fully saturated rings. The summed E-state index contributed by atoms with van der Waals surface area (Å²) in [5.41, 5.74) is 0.894. The van der Waals surface area contributed by atoms with Gasteiger partial charge in [-0.15, -0.1) is 0 Å². The lowest BCUT2D eigenvalue weighted by molar-refractivity contribution is -0.137. The maximum Gasteiger partial charge on any atom is 0.303 e. The van der Waals surface area contributed by atoms with Crippen LogP contribution in [-0.4, -0.2) is 36.0 Å². The molecule has 1 rings (SSSR count). The number of carboxylic acids is 1. The van der Waals surface area contributed by atoms with E-state index in [0.717, 1.165) is 5.56 Å². The molecule has 17 heavy (non-hydrogen) atoms. The predicted molar refractivity (Wildman–Crippen MR) is 64.7 cm³/mol. The number of hydrogen-bond acceptors (Lipinski definition) is 2. The van der Waals surface area contributed by atoms with Crippen molar-refractivity contribution < 1.29 is 14.7 Å². The molecule has 1 aromatic carbocycles. The second-order valence-corrected chi connectivity index (χ2v) is 4.20. The summed E-state index contributed by atoms with van der Waals surface area (Å²) in [7, 11) is 3.34. The molecule has 0 aliphatic rings. The Hall–Kier alpha value is -1.84. The summed E-state index contributed by atoms with van der Waals surface area (Å²) >= 11 is 0. The topological polar surface area (TPSA) is 57.6 Å². The molecule has 0 aliphatic carbocycles. The molecule has 0 bridgehead atoms. The van der Waals surface area contributed by atoms with Crippen molar-refractivity contribution in [3.63, 3.8) is 0 Å². The lowest BCUT2D eigenvalue weighted by atomic mass is 9.92. The molecule has 0 radical (unpaired) electrons. The molecule has 4 heteroatoms. The molecular weight excluding hydrogens is 218 g/mol. The first-order valence-corrected chi connectivity index (χ1v) is 5.47. The number of nitrogens with zero attached hydrogens (tertiary/aromatic N) is 1. The summed E-state index contributed by atoms with van der Waals surface area (Å²) in [5, 5.41) is 8.87. The monoisotopic (exact) mass is 235 g/mol. The molecule has 0 saturated heterocycles. The molecule has 1 atom stereocenters. The highest BCUT2D eigenvalue weighted by molar-refractivity contribution is 5.78. The van der Waals surface area contributed by atoms with Crippen LogP contribution >= 0.6 is 0 Å². The third-order valence-corrected chi connectivity index (χ3v) is 2.61. The zero-order valence-electron chi connectivity index (χ0n) is 10.1. The third-order valence-electron chi connectivity index (χ3n) is 2.61. The number of carboxylic acid groups (broad SMARTS) is 1. The van der Waals surface area contributed by atoms with E-state index in [9.17, 15) is 9.59 Å². The number of carbonyl (C=O) groups is 2. The molecule has 0 heterocycles. The lowest BCUT2D eigenvalue weighted by Gasteiger charge is -2.17. The molecule has 0 spiro atoms. The van der Waals surface area contributed by atoms with E-state index in [-0.39, 0.29) is 24.7 Å². The summed E-state index contributed by atoms with van der Waals surface area (Å²) < 4.78 is 0. The number of hydrogen-bond donors (Lipinski definition) is 1. The van der Waals surface area contributed by atoms with Gasteiger partial charge in [-0.1, -0.05) is 30.3 Å². The molecule has 0 aromatic heterocycles. The van der Waals surface area contributed by atoms with Gasteiger partial charge in [0.05, 0.1) is 6.42 Å². The van der Waals surface area contributed by atoms with Crippen molar-refractivity contribution in [3.8, 4) is 0 Å². The van der Waals surface area contributed by atoms with Gasteiger partial charge in [-0.2, -0.15) is 0 Å². The number of aliphatic carboxylic acids is 1. The summed E-state index contributed by atoms with van der Waals surface area (Å²) in [6, 6.07) is 9.29. The Kier molecular flexibility index (Phi) is 4.69. The SMILES string of the molecule is CN(C)C(=O)CC(CC(=O)O)c1ccccc1. The minimum Gasteiger partial charge on any atom is -0.481 e. The van der Waals surface area contributed by atoms with Crippen molar-refractivity contribution >= 4 is 11.9 Å². The Labute approximate surface area is 101 Å². The van der Waals surface area contributed by atoms with E-state index in [4.69, 9.17) is 5.11 Å². The standard InChI is InChI=1S/C13H17NO3/c1-14(2)12(15)8-11(9-13(16)17)10-6-4-3-5-7-10/h3-7,11H,8-9H2,1-2H3,(H,16,17). The second-order valence-electron chi connectivity index (χ2n) is 4.20. The maximum atomic E-state index is 11.6. The Bertz CT molecular complexity index is 387. The van der Waals surface area contributed by atoms with Crippen LogP contribution in [0.3, 0.4) is 0 Å². The van der Waals surface area contributed by atoms with E-state index < -0.39 is 5.97 Å². The fourth-order valence-electron chi connectivity index (χ4n) is 1.64. The van der Waals surface area contributed by atoms with E-state index >= 15 is 0 Å². The van der Waals surface area contributed by atoms with Crippen LogP contribution in [0.25, 0.3) is 0 Å². The normalized spacial score (nSPS) is 11.9. The number of rotatable bonds is 5. The maximum absolute atomic E-state index is 11.6. The average molecular weight is 235 g/mol. The van der Waals surface area contributed by atoms with Crippen molar-refractivity contribution in [2.45, 2.75) is 18.8 Å². The van der Waals surface area contributed by atoms with Gasteiger partial charge in [0.15, 0.2) is 0 Å². The molecule has 1 N–H and O–H groups in total. The van der Waals surface area contributed by atoms with E-state index in [0.29, 0.717) is 0 Å². The molecule has 1 aromatic rings. The predicted octanol–water partition coefficient (Wildman–Crippen LogP) is 1.72. The molecule has 4 nitrogen and oxygen atoms in total. The van der Waals surface area contributed by atoms with Crippen LogP contribution in [0.2, 0.25) is 0 Å². The van der Waals surface area contributed by atoms with Gasteiger partial charge in [0.1, 0.15) is 0 Å². The van der Waals surface area contributed by atoms with Crippen LogP contribution in [0.4, 0.5) is 0 Å². The third kappa shape index (κ3) is 4.26. The Balaban J connectivity index is 2.81. The highest BCUT2D eigenvalue weighted by Gasteiger charge is 2.19. The Morgan fingerprint density at radius 3 is 2.24 bits per heavy atom. The van der Waals surface area contributed by atoms with Crippen molar-refractivity contribution in [1.82, 2.24) is 4.90 Å². The summed E-state index contributed by atoms with van der Waals surface area (Å²) in [5.74, 6) is -1.20. The van der Waals surface area contributed by atoms with Crippen molar-refractivity contribution in [2.75, 3.05) is 14.1 Å². The molecular formula is C13H17NO3. The van der Waals surface area contributed by atoms with E-state index in [1.54, 1.807) is 14.1 Å². The van der Waals surface area contributed by atoms with Crippen LogP contribution in [-0.2, 0) is 9.59 Å². The summed E-state index contributed by atoms with van der Waals surface area (Å²) in [6.45, 7) is 0. The van der Waals surface area contributed by atoms with Gasteiger partial charge in [-0.25, -0.2) is 0 Å². The van der Waals surface area contributed by atoms with E-state index in [1.807, 2.05) is 30.3 Å². The van der Waals surface area contributed by atoms with E-state index in [1.165, 1.54) is 4.90 Å². The first-order valence-electron chi connectivity index (χ1n) is 5.47. The van der Waals surface area contributed by atoms with Crippen LogP contribution in [0, 0.1) is 0 Å². The molecule has 0 saturated carbocycles. The highest BCUT2D eigenvalue weighted by Crippen LogP contribution is 2.23. The minimum atomic E-state index is -0.884. The highest BCUT2D eigenvalue weighted by atomic mass is 16.4. The van der Waals surface area contributed by atoms with E-state index in [2.05, 4.69) is 0 Å². The Morgan fingerprint density at radius 2 is 1.76 bits per heavy atom. The first kappa shape index (κ1) is 13.2. The summed E-state index contributed by atoms with van der Waals surface area (Å²) in [4.78, 5) is 23.9. The van der Waals surface area contributed by atoms with Gasteiger partial charge < -0.3 is 10.0 Å². The largest absolute Gasteiger partial charge is 0.481 e.